The van der Waals surface area contributed by atoms with Crippen LogP contribution in [0, 0.1) is 0 Å². The first kappa shape index (κ1) is 8.81. The lowest BCUT2D eigenvalue weighted by Crippen LogP contribution is -1.76. The van der Waals surface area contributed by atoms with E-state index >= 15 is 0 Å². The third-order valence-electron chi connectivity index (χ3n) is 1.48. The van der Waals surface area contributed by atoms with Crippen molar-refractivity contribution in [3.8, 4) is 5.75 Å². The molecule has 0 saturated heterocycles. The molecule has 0 aromatic heterocycles. The standard InChI is InChI=1S/C10H12O2/c11-7-2-1-4-9-5-3-6-10(12)8-9/h1,3-6,8,11-12H,2,7H2. The first-order chi connectivity index (χ1) is 5.83. The number of aromatic hydroxyl groups is 1. The van der Waals surface area contributed by atoms with E-state index in [1.165, 1.54) is 0 Å². The Morgan fingerprint density at radius 1 is 1.33 bits per heavy atom. The van der Waals surface area contributed by atoms with Gasteiger partial charge in [0, 0.05) is 6.61 Å². The Hall–Kier alpha value is -1.28. The third kappa shape index (κ3) is 2.76. The SMILES string of the molecule is OCCC=Cc1cccc(O)c1. The van der Waals surface area contributed by atoms with Crippen LogP contribution in [-0.2, 0) is 0 Å². The lowest BCUT2D eigenvalue weighted by atomic mass is 10.2. The molecule has 0 aliphatic rings. The lowest BCUT2D eigenvalue weighted by molar-refractivity contribution is 0.303. The summed E-state index contributed by atoms with van der Waals surface area (Å²) in [4.78, 5) is 0. The highest BCUT2D eigenvalue weighted by Gasteiger charge is 1.87. The molecule has 1 rings (SSSR count). The van der Waals surface area contributed by atoms with Crippen molar-refractivity contribution >= 4 is 6.08 Å². The molecule has 0 aliphatic carbocycles. The number of phenolic OH excluding ortho intramolecular Hbond substituents is 1. The molecule has 1 aromatic rings. The van der Waals surface area contributed by atoms with Crippen LogP contribution in [0.5, 0.6) is 5.75 Å². The molecule has 0 bridgehead atoms. The van der Waals surface area contributed by atoms with Crippen LogP contribution in [0.2, 0.25) is 0 Å². The van der Waals surface area contributed by atoms with E-state index in [1.807, 2.05) is 18.2 Å². The van der Waals surface area contributed by atoms with Crippen LogP contribution in [-0.4, -0.2) is 16.8 Å². The fourth-order valence-electron chi connectivity index (χ4n) is 0.922. The zero-order valence-electron chi connectivity index (χ0n) is 6.77. The minimum Gasteiger partial charge on any atom is -0.508 e. The van der Waals surface area contributed by atoms with Gasteiger partial charge in [0.25, 0.3) is 0 Å². The Morgan fingerprint density at radius 3 is 2.83 bits per heavy atom. The molecule has 0 heterocycles. The Kier molecular flexibility index (Phi) is 3.35. The molecule has 2 nitrogen and oxygen atoms in total. The van der Waals surface area contributed by atoms with E-state index in [2.05, 4.69) is 0 Å². The lowest BCUT2D eigenvalue weighted by Gasteiger charge is -1.93. The van der Waals surface area contributed by atoms with Gasteiger partial charge in [-0.25, -0.2) is 0 Å². The summed E-state index contributed by atoms with van der Waals surface area (Å²) in [5.41, 5.74) is 0.948. The van der Waals surface area contributed by atoms with Crippen LogP contribution in [0.25, 0.3) is 6.08 Å². The van der Waals surface area contributed by atoms with Crippen LogP contribution in [0.3, 0.4) is 0 Å². The van der Waals surface area contributed by atoms with Gasteiger partial charge in [-0.15, -0.1) is 0 Å². The largest absolute Gasteiger partial charge is 0.508 e. The van der Waals surface area contributed by atoms with Gasteiger partial charge in [0.1, 0.15) is 5.75 Å². The number of rotatable bonds is 3. The van der Waals surface area contributed by atoms with Gasteiger partial charge in [-0.05, 0) is 24.1 Å². The van der Waals surface area contributed by atoms with Crippen molar-refractivity contribution < 1.29 is 10.2 Å². The number of phenols is 1. The maximum Gasteiger partial charge on any atom is 0.116 e. The molecule has 0 atom stereocenters. The van der Waals surface area contributed by atoms with E-state index < -0.39 is 0 Å². The van der Waals surface area contributed by atoms with Crippen molar-refractivity contribution in [2.45, 2.75) is 6.42 Å². The first-order valence-electron chi connectivity index (χ1n) is 3.89. The van der Waals surface area contributed by atoms with Crippen molar-refractivity contribution in [1.29, 1.82) is 0 Å². The molecular weight excluding hydrogens is 152 g/mol. The molecule has 12 heavy (non-hydrogen) atoms. The first-order valence-corrected chi connectivity index (χ1v) is 3.89. The maximum absolute atomic E-state index is 9.09. The molecule has 0 amide bonds. The van der Waals surface area contributed by atoms with Crippen molar-refractivity contribution in [2.24, 2.45) is 0 Å². The van der Waals surface area contributed by atoms with Gasteiger partial charge in [0.15, 0.2) is 0 Å². The molecule has 1 aromatic carbocycles. The second kappa shape index (κ2) is 4.57. The maximum atomic E-state index is 9.09. The van der Waals surface area contributed by atoms with Crippen LogP contribution >= 0.6 is 0 Å². The van der Waals surface area contributed by atoms with Gasteiger partial charge in [0.2, 0.25) is 0 Å². The van der Waals surface area contributed by atoms with Crippen LogP contribution < -0.4 is 0 Å². The summed E-state index contributed by atoms with van der Waals surface area (Å²) in [5, 5.41) is 17.6. The third-order valence-corrected chi connectivity index (χ3v) is 1.48. The molecule has 0 spiro atoms. The predicted octanol–water partition coefficient (Wildman–Crippen LogP) is 1.79. The minimum absolute atomic E-state index is 0.162. The highest BCUT2D eigenvalue weighted by Crippen LogP contribution is 2.11. The monoisotopic (exact) mass is 164 g/mol. The van der Waals surface area contributed by atoms with E-state index in [-0.39, 0.29) is 12.4 Å². The molecule has 0 saturated carbocycles. The summed E-state index contributed by atoms with van der Waals surface area (Å²) in [5.74, 6) is 0.265. The summed E-state index contributed by atoms with van der Waals surface area (Å²) >= 11 is 0. The number of aliphatic hydroxyl groups is 1. The molecule has 0 aliphatic heterocycles. The number of hydrogen-bond donors (Lipinski definition) is 2. The van der Waals surface area contributed by atoms with Gasteiger partial charge < -0.3 is 10.2 Å². The van der Waals surface area contributed by atoms with Crippen molar-refractivity contribution in [2.75, 3.05) is 6.61 Å². The molecule has 2 N–H and O–H groups in total. The average molecular weight is 164 g/mol. The molecular formula is C10H12O2. The van der Waals surface area contributed by atoms with E-state index in [1.54, 1.807) is 18.2 Å². The van der Waals surface area contributed by atoms with Crippen LogP contribution in [0.15, 0.2) is 30.3 Å². The summed E-state index contributed by atoms with van der Waals surface area (Å²) < 4.78 is 0. The van der Waals surface area contributed by atoms with Gasteiger partial charge in [0.05, 0.1) is 0 Å². The molecule has 0 unspecified atom stereocenters. The van der Waals surface area contributed by atoms with Crippen molar-refractivity contribution in [1.82, 2.24) is 0 Å². The normalized spacial score (nSPS) is 10.8. The zero-order chi connectivity index (χ0) is 8.81. The highest BCUT2D eigenvalue weighted by molar-refractivity contribution is 5.51. The summed E-state index contributed by atoms with van der Waals surface area (Å²) in [6.45, 7) is 0.162. The fraction of sp³-hybridized carbons (Fsp3) is 0.200. The van der Waals surface area contributed by atoms with Crippen LogP contribution in [0.4, 0.5) is 0 Å². The average Bonchev–Trinajstić information content (AvgIpc) is 2.05. The van der Waals surface area contributed by atoms with E-state index in [0.717, 1.165) is 5.56 Å². The minimum atomic E-state index is 0.162. The Morgan fingerprint density at radius 2 is 2.17 bits per heavy atom. The van der Waals surface area contributed by atoms with E-state index in [4.69, 9.17) is 10.2 Å². The summed E-state index contributed by atoms with van der Waals surface area (Å²) in [6, 6.07) is 6.98. The van der Waals surface area contributed by atoms with E-state index in [9.17, 15) is 0 Å². The molecule has 64 valence electrons. The summed E-state index contributed by atoms with van der Waals surface area (Å²) in [6.07, 6.45) is 4.39. The second-order valence-electron chi connectivity index (χ2n) is 2.51. The van der Waals surface area contributed by atoms with Gasteiger partial charge in [-0.2, -0.15) is 0 Å². The molecule has 0 radical (unpaired) electrons. The van der Waals surface area contributed by atoms with Crippen LogP contribution in [0.1, 0.15) is 12.0 Å². The zero-order valence-corrected chi connectivity index (χ0v) is 6.77. The van der Waals surface area contributed by atoms with Gasteiger partial charge in [-0.3, -0.25) is 0 Å². The van der Waals surface area contributed by atoms with Gasteiger partial charge in [-0.1, -0.05) is 24.3 Å². The number of benzene rings is 1. The fourth-order valence-corrected chi connectivity index (χ4v) is 0.922. The highest BCUT2D eigenvalue weighted by atomic mass is 16.3. The van der Waals surface area contributed by atoms with Gasteiger partial charge >= 0.3 is 0 Å². The quantitative estimate of drug-likeness (QED) is 0.715. The predicted molar refractivity (Wildman–Crippen MR) is 48.8 cm³/mol. The Labute approximate surface area is 71.8 Å². The second-order valence-corrected chi connectivity index (χ2v) is 2.51. The number of hydrogen-bond acceptors (Lipinski definition) is 2. The van der Waals surface area contributed by atoms with E-state index in [0.29, 0.717) is 6.42 Å². The Balaban J connectivity index is 2.63. The smallest absolute Gasteiger partial charge is 0.116 e. The van der Waals surface area contributed by atoms with Crippen molar-refractivity contribution in [3.05, 3.63) is 35.9 Å². The van der Waals surface area contributed by atoms with Crippen molar-refractivity contribution in [3.63, 3.8) is 0 Å². The topological polar surface area (TPSA) is 40.5 Å². The number of aliphatic hydroxyl groups excluding tert-OH is 1. The Bertz CT molecular complexity index is 266. The molecule has 2 heteroatoms. The molecule has 0 fully saturated rings. The summed E-state index contributed by atoms with van der Waals surface area (Å²) in [7, 11) is 0.